The standard InChI is InChI=1S/C25H22N2O2.ClH/c26-16-18-5-4-8-22(15-18)19-9-11-21(12-10-19)25(28)29-24-17-27-14-13-23(24)20-6-2-1-3-7-20;/h1-12,15,23-24,27H,13-14,17H2;1H/t23-,24+;/m0./s1. The Hall–Kier alpha value is -3.13. The van der Waals surface area contributed by atoms with Crippen molar-refractivity contribution in [3.8, 4) is 17.2 Å². The maximum atomic E-state index is 12.7. The summed E-state index contributed by atoms with van der Waals surface area (Å²) in [6, 6.07) is 27.2. The summed E-state index contributed by atoms with van der Waals surface area (Å²) in [6.07, 6.45) is 0.751. The third kappa shape index (κ3) is 4.88. The molecule has 4 nitrogen and oxygen atoms in total. The van der Waals surface area contributed by atoms with Gasteiger partial charge in [-0.1, -0.05) is 54.6 Å². The van der Waals surface area contributed by atoms with E-state index in [0.29, 0.717) is 17.7 Å². The van der Waals surface area contributed by atoms with Gasteiger partial charge in [-0.25, -0.2) is 4.79 Å². The molecule has 0 spiro atoms. The van der Waals surface area contributed by atoms with Crippen molar-refractivity contribution in [2.75, 3.05) is 13.1 Å². The van der Waals surface area contributed by atoms with Gasteiger partial charge in [0.1, 0.15) is 6.10 Å². The fourth-order valence-electron chi connectivity index (χ4n) is 3.81. The van der Waals surface area contributed by atoms with Crippen LogP contribution in [0.5, 0.6) is 0 Å². The molecule has 1 saturated heterocycles. The molecule has 30 heavy (non-hydrogen) atoms. The average molecular weight is 419 g/mol. The molecule has 3 aromatic rings. The molecule has 1 aliphatic heterocycles. The largest absolute Gasteiger partial charge is 0.457 e. The summed E-state index contributed by atoms with van der Waals surface area (Å²) < 4.78 is 5.88. The lowest BCUT2D eigenvalue weighted by atomic mass is 9.88. The van der Waals surface area contributed by atoms with Crippen molar-refractivity contribution in [1.29, 1.82) is 5.26 Å². The monoisotopic (exact) mass is 418 g/mol. The zero-order chi connectivity index (χ0) is 20.1. The number of hydrogen-bond donors (Lipinski definition) is 1. The van der Waals surface area contributed by atoms with Crippen molar-refractivity contribution in [1.82, 2.24) is 5.32 Å². The van der Waals surface area contributed by atoms with Crippen molar-refractivity contribution >= 4 is 18.4 Å². The number of halogens is 1. The Morgan fingerprint density at radius 2 is 1.73 bits per heavy atom. The number of carbonyl (C=O) groups excluding carboxylic acids is 1. The number of hydrogen-bond acceptors (Lipinski definition) is 4. The van der Waals surface area contributed by atoms with E-state index in [1.807, 2.05) is 48.5 Å². The molecule has 1 aliphatic rings. The van der Waals surface area contributed by atoms with Crippen molar-refractivity contribution in [3.05, 3.63) is 95.6 Å². The Balaban J connectivity index is 0.00000256. The van der Waals surface area contributed by atoms with Gasteiger partial charge in [0, 0.05) is 12.5 Å². The van der Waals surface area contributed by atoms with Gasteiger partial charge in [-0.05, 0) is 53.9 Å². The van der Waals surface area contributed by atoms with E-state index in [-0.39, 0.29) is 30.4 Å². The van der Waals surface area contributed by atoms with Gasteiger partial charge in [0.05, 0.1) is 17.2 Å². The van der Waals surface area contributed by atoms with Gasteiger partial charge in [0.2, 0.25) is 0 Å². The molecule has 0 radical (unpaired) electrons. The predicted octanol–water partition coefficient (Wildman–Crippen LogP) is 4.95. The van der Waals surface area contributed by atoms with Crippen molar-refractivity contribution in [2.45, 2.75) is 18.4 Å². The Morgan fingerprint density at radius 3 is 2.47 bits per heavy atom. The molecule has 4 rings (SSSR count). The van der Waals surface area contributed by atoms with E-state index < -0.39 is 0 Å². The molecule has 5 heteroatoms. The van der Waals surface area contributed by atoms with Crippen LogP contribution >= 0.6 is 12.4 Å². The van der Waals surface area contributed by atoms with E-state index in [0.717, 1.165) is 24.1 Å². The lowest BCUT2D eigenvalue weighted by molar-refractivity contribution is 0.0182. The van der Waals surface area contributed by atoms with Crippen LogP contribution in [0.3, 0.4) is 0 Å². The molecule has 0 saturated carbocycles. The van der Waals surface area contributed by atoms with E-state index in [2.05, 4.69) is 23.5 Å². The van der Waals surface area contributed by atoms with Crippen molar-refractivity contribution in [2.24, 2.45) is 0 Å². The minimum Gasteiger partial charge on any atom is -0.457 e. The smallest absolute Gasteiger partial charge is 0.338 e. The second kappa shape index (κ2) is 10.1. The van der Waals surface area contributed by atoms with Crippen LogP contribution in [0.2, 0.25) is 0 Å². The number of carbonyl (C=O) groups is 1. The molecule has 2 atom stereocenters. The van der Waals surface area contributed by atoms with Gasteiger partial charge in [-0.15, -0.1) is 12.4 Å². The first kappa shape index (κ1) is 21.6. The van der Waals surface area contributed by atoms with E-state index in [4.69, 9.17) is 10.00 Å². The number of ether oxygens (including phenoxy) is 1. The Bertz CT molecular complexity index is 1030. The molecular weight excluding hydrogens is 396 g/mol. The van der Waals surface area contributed by atoms with Crippen LogP contribution in [-0.2, 0) is 4.74 Å². The van der Waals surface area contributed by atoms with Gasteiger partial charge in [0.25, 0.3) is 0 Å². The SMILES string of the molecule is Cl.N#Cc1cccc(-c2ccc(C(=O)O[C@@H]3CNCC[C@H]3c3ccccc3)cc2)c1. The molecule has 0 aliphatic carbocycles. The summed E-state index contributed by atoms with van der Waals surface area (Å²) in [7, 11) is 0. The quantitative estimate of drug-likeness (QED) is 0.609. The summed E-state index contributed by atoms with van der Waals surface area (Å²) in [5.41, 5.74) is 4.26. The molecule has 1 fully saturated rings. The highest BCUT2D eigenvalue weighted by atomic mass is 35.5. The lowest BCUT2D eigenvalue weighted by Crippen LogP contribution is -2.42. The summed E-state index contributed by atoms with van der Waals surface area (Å²) in [4.78, 5) is 12.7. The first-order chi connectivity index (χ1) is 14.2. The number of rotatable bonds is 4. The Morgan fingerprint density at radius 1 is 0.967 bits per heavy atom. The number of piperidine rings is 1. The van der Waals surface area contributed by atoms with Gasteiger partial charge < -0.3 is 10.1 Å². The third-order valence-corrected chi connectivity index (χ3v) is 5.36. The van der Waals surface area contributed by atoms with Crippen molar-refractivity contribution in [3.63, 3.8) is 0 Å². The molecule has 152 valence electrons. The average Bonchev–Trinajstić information content (AvgIpc) is 2.80. The number of nitriles is 1. The van der Waals surface area contributed by atoms with E-state index >= 15 is 0 Å². The van der Waals surface area contributed by atoms with Gasteiger partial charge in [-0.2, -0.15) is 5.26 Å². The number of nitrogens with one attached hydrogen (secondary N) is 1. The van der Waals surface area contributed by atoms with Crippen LogP contribution < -0.4 is 5.32 Å². The summed E-state index contributed by atoms with van der Waals surface area (Å²) >= 11 is 0. The zero-order valence-electron chi connectivity index (χ0n) is 16.5. The maximum Gasteiger partial charge on any atom is 0.338 e. The van der Waals surface area contributed by atoms with E-state index in [9.17, 15) is 4.79 Å². The van der Waals surface area contributed by atoms with Gasteiger partial charge in [0.15, 0.2) is 0 Å². The summed E-state index contributed by atoms with van der Waals surface area (Å²) in [5.74, 6) is -0.105. The zero-order valence-corrected chi connectivity index (χ0v) is 17.3. The Labute approximate surface area is 182 Å². The highest BCUT2D eigenvalue weighted by Crippen LogP contribution is 2.28. The maximum absolute atomic E-state index is 12.7. The summed E-state index contributed by atoms with van der Waals surface area (Å²) in [6.45, 7) is 1.58. The molecule has 1 N–H and O–H groups in total. The number of esters is 1. The van der Waals surface area contributed by atoms with Crippen molar-refractivity contribution < 1.29 is 9.53 Å². The molecule has 0 unspecified atom stereocenters. The number of nitrogens with zero attached hydrogens (tertiary/aromatic N) is 1. The minimum atomic E-state index is -0.308. The van der Waals surface area contributed by atoms with Crippen LogP contribution in [0.25, 0.3) is 11.1 Å². The summed E-state index contributed by atoms with van der Waals surface area (Å²) in [5, 5.41) is 12.4. The van der Waals surface area contributed by atoms with Crippen LogP contribution in [0, 0.1) is 11.3 Å². The van der Waals surface area contributed by atoms with Gasteiger partial charge >= 0.3 is 5.97 Å². The van der Waals surface area contributed by atoms with Crippen LogP contribution in [0.4, 0.5) is 0 Å². The Kier molecular flexibility index (Phi) is 7.24. The predicted molar refractivity (Wildman–Crippen MR) is 120 cm³/mol. The lowest BCUT2D eigenvalue weighted by Gasteiger charge is -2.32. The molecule has 0 aromatic heterocycles. The van der Waals surface area contributed by atoms with Crippen LogP contribution in [0.15, 0.2) is 78.9 Å². The second-order valence-corrected chi connectivity index (χ2v) is 7.22. The molecule has 3 aromatic carbocycles. The number of benzene rings is 3. The molecule has 0 bridgehead atoms. The molecule has 1 heterocycles. The van der Waals surface area contributed by atoms with Gasteiger partial charge in [-0.3, -0.25) is 0 Å². The third-order valence-electron chi connectivity index (χ3n) is 5.36. The van der Waals surface area contributed by atoms with E-state index in [1.165, 1.54) is 5.56 Å². The normalized spacial score (nSPS) is 18.0. The van der Waals surface area contributed by atoms with Crippen LogP contribution in [0.1, 0.15) is 33.8 Å². The highest BCUT2D eigenvalue weighted by Gasteiger charge is 2.29. The molecular formula is C25H23ClN2O2. The van der Waals surface area contributed by atoms with Crippen LogP contribution in [-0.4, -0.2) is 25.2 Å². The second-order valence-electron chi connectivity index (χ2n) is 7.22. The molecule has 0 amide bonds. The fourth-order valence-corrected chi connectivity index (χ4v) is 3.81. The topological polar surface area (TPSA) is 62.1 Å². The fraction of sp³-hybridized carbons (Fsp3) is 0.200. The first-order valence-electron chi connectivity index (χ1n) is 9.82. The first-order valence-corrected chi connectivity index (χ1v) is 9.82. The minimum absolute atomic E-state index is 0. The highest BCUT2D eigenvalue weighted by molar-refractivity contribution is 5.90. The van der Waals surface area contributed by atoms with E-state index in [1.54, 1.807) is 18.2 Å².